The third-order valence-corrected chi connectivity index (χ3v) is 8.37. The van der Waals surface area contributed by atoms with Gasteiger partial charge in [-0.3, -0.25) is 4.79 Å². The zero-order valence-electron chi connectivity index (χ0n) is 20.1. The van der Waals surface area contributed by atoms with Gasteiger partial charge in [0.25, 0.3) is 5.56 Å². The molecule has 0 saturated carbocycles. The first-order valence-corrected chi connectivity index (χ1v) is 13.5. The molecule has 1 N–H and O–H groups in total. The Morgan fingerprint density at radius 2 is 1.69 bits per heavy atom. The fraction of sp³-hybridized carbons (Fsp3) is 0.423. The van der Waals surface area contributed by atoms with Gasteiger partial charge in [-0.05, 0) is 69.1 Å². The number of aromatic nitrogens is 1. The highest BCUT2D eigenvalue weighted by Crippen LogP contribution is 2.32. The molecule has 3 aromatic rings. The van der Waals surface area contributed by atoms with Crippen molar-refractivity contribution in [1.29, 1.82) is 0 Å². The second-order valence-electron chi connectivity index (χ2n) is 9.38. The van der Waals surface area contributed by atoms with E-state index in [1.165, 1.54) is 6.07 Å². The summed E-state index contributed by atoms with van der Waals surface area (Å²) in [7, 11) is -3.65. The number of nitrogens with zero attached hydrogens (tertiary/aromatic N) is 2. The van der Waals surface area contributed by atoms with Crippen molar-refractivity contribution in [3.05, 3.63) is 63.9 Å². The lowest BCUT2D eigenvalue weighted by molar-refractivity contribution is 0.171. The van der Waals surface area contributed by atoms with E-state index >= 15 is 0 Å². The molecule has 1 aromatic heterocycles. The van der Waals surface area contributed by atoms with Gasteiger partial charge in [-0.25, -0.2) is 13.1 Å². The first-order valence-electron chi connectivity index (χ1n) is 12.1. The maximum atomic E-state index is 12.9. The van der Waals surface area contributed by atoms with Crippen LogP contribution < -0.4 is 19.8 Å². The number of hydrogen-bond acceptors (Lipinski definition) is 6. The highest BCUT2D eigenvalue weighted by molar-refractivity contribution is 7.89. The lowest BCUT2D eigenvalue weighted by atomic mass is 10.1. The van der Waals surface area contributed by atoms with Crippen LogP contribution in [0.5, 0.6) is 11.5 Å². The number of aryl methyl sites for hydroxylation is 2. The molecule has 9 heteroatoms. The van der Waals surface area contributed by atoms with Crippen molar-refractivity contribution in [2.75, 3.05) is 32.8 Å². The van der Waals surface area contributed by atoms with Gasteiger partial charge in [-0.1, -0.05) is 12.1 Å². The predicted octanol–water partition coefficient (Wildman–Crippen LogP) is 2.83. The quantitative estimate of drug-likeness (QED) is 0.563. The van der Waals surface area contributed by atoms with Crippen molar-refractivity contribution >= 4 is 20.9 Å². The molecule has 8 nitrogen and oxygen atoms in total. The van der Waals surface area contributed by atoms with E-state index in [4.69, 9.17) is 9.47 Å². The number of sulfonamides is 1. The Hall–Kier alpha value is -2.88. The average Bonchev–Trinajstić information content (AvgIpc) is 2.84. The second kappa shape index (κ2) is 9.64. The smallest absolute Gasteiger partial charge is 0.251 e. The topological polar surface area (TPSA) is 89.9 Å². The van der Waals surface area contributed by atoms with Crippen molar-refractivity contribution in [2.45, 2.75) is 44.2 Å². The van der Waals surface area contributed by atoms with Crippen LogP contribution in [0.2, 0.25) is 0 Å². The Kier molecular flexibility index (Phi) is 6.57. The number of likely N-dealkylation sites (tertiary alicyclic amines) is 1. The maximum absolute atomic E-state index is 12.9. The van der Waals surface area contributed by atoms with Gasteiger partial charge in [-0.15, -0.1) is 0 Å². The summed E-state index contributed by atoms with van der Waals surface area (Å²) in [6.45, 7) is 7.77. The summed E-state index contributed by atoms with van der Waals surface area (Å²) in [5.74, 6) is 1.03. The Balaban J connectivity index is 1.20. The average molecular weight is 498 g/mol. The fourth-order valence-electron chi connectivity index (χ4n) is 4.88. The van der Waals surface area contributed by atoms with E-state index in [2.05, 4.69) is 27.8 Å². The first kappa shape index (κ1) is 23.8. The molecular formula is C26H31N3O5S. The predicted molar refractivity (Wildman–Crippen MR) is 135 cm³/mol. The summed E-state index contributed by atoms with van der Waals surface area (Å²) in [5, 5.41) is 1.10. The number of nitrogens with one attached hydrogen (secondary N) is 1. The minimum atomic E-state index is -3.65. The first-order chi connectivity index (χ1) is 16.8. The van der Waals surface area contributed by atoms with Gasteiger partial charge in [0.2, 0.25) is 10.0 Å². The third kappa shape index (κ3) is 5.07. The standard InChI is InChI=1S/C26H31N3O5S/c1-18-3-5-22-19(2)16-26(30)29(23(22)15-18)12-11-28-9-7-20(8-10-28)27-35(31,32)21-4-6-24-25(17-21)34-14-13-33-24/h3-6,15-17,20,27H,7-14H2,1-2H3. The summed E-state index contributed by atoms with van der Waals surface area (Å²) in [6, 6.07) is 12.5. The van der Waals surface area contributed by atoms with Gasteiger partial charge < -0.3 is 18.9 Å². The van der Waals surface area contributed by atoms with Crippen LogP contribution in [0.25, 0.3) is 10.9 Å². The van der Waals surface area contributed by atoms with Gasteiger partial charge >= 0.3 is 0 Å². The SMILES string of the molecule is Cc1ccc2c(C)cc(=O)n(CCN3CCC(NS(=O)(=O)c4ccc5c(c4)OCCO5)CC3)c2c1. The van der Waals surface area contributed by atoms with E-state index in [1.54, 1.807) is 18.2 Å². The van der Waals surface area contributed by atoms with Crippen LogP contribution in [-0.2, 0) is 16.6 Å². The van der Waals surface area contributed by atoms with Crippen molar-refractivity contribution in [1.82, 2.24) is 14.2 Å². The maximum Gasteiger partial charge on any atom is 0.251 e. The van der Waals surface area contributed by atoms with Gasteiger partial charge in [0, 0.05) is 36.7 Å². The molecule has 0 bridgehead atoms. The Morgan fingerprint density at radius 1 is 0.943 bits per heavy atom. The minimum absolute atomic E-state index is 0.0164. The molecule has 0 radical (unpaired) electrons. The Morgan fingerprint density at radius 3 is 2.46 bits per heavy atom. The number of pyridine rings is 1. The molecule has 0 amide bonds. The molecular weight excluding hydrogens is 466 g/mol. The van der Waals surface area contributed by atoms with Crippen molar-refractivity contribution in [3.63, 3.8) is 0 Å². The van der Waals surface area contributed by atoms with Crippen LogP contribution in [0.1, 0.15) is 24.0 Å². The van der Waals surface area contributed by atoms with Crippen LogP contribution >= 0.6 is 0 Å². The van der Waals surface area contributed by atoms with E-state index in [0.717, 1.165) is 41.7 Å². The number of fused-ring (bicyclic) bond motifs is 2. The number of hydrogen-bond donors (Lipinski definition) is 1. The number of ether oxygens (including phenoxy) is 2. The summed E-state index contributed by atoms with van der Waals surface area (Å²) in [5.41, 5.74) is 3.11. The van der Waals surface area contributed by atoms with E-state index in [9.17, 15) is 13.2 Å². The van der Waals surface area contributed by atoms with Crippen LogP contribution in [-0.4, -0.2) is 56.8 Å². The third-order valence-electron chi connectivity index (χ3n) is 6.85. The molecule has 3 heterocycles. The normalized spacial score (nSPS) is 17.1. The molecule has 5 rings (SSSR count). The molecule has 1 saturated heterocycles. The van der Waals surface area contributed by atoms with E-state index in [-0.39, 0.29) is 16.5 Å². The zero-order chi connectivity index (χ0) is 24.6. The van der Waals surface area contributed by atoms with Crippen molar-refractivity contribution in [2.24, 2.45) is 0 Å². The molecule has 0 atom stereocenters. The number of benzene rings is 2. The molecule has 35 heavy (non-hydrogen) atoms. The molecule has 1 fully saturated rings. The Labute approximate surface area is 205 Å². The van der Waals surface area contributed by atoms with Crippen LogP contribution in [0.3, 0.4) is 0 Å². The molecule has 2 aliphatic heterocycles. The van der Waals surface area contributed by atoms with Crippen LogP contribution in [0.15, 0.2) is 52.2 Å². The number of piperidine rings is 1. The Bertz CT molecular complexity index is 1410. The van der Waals surface area contributed by atoms with Crippen molar-refractivity contribution < 1.29 is 17.9 Å². The van der Waals surface area contributed by atoms with Crippen molar-refractivity contribution in [3.8, 4) is 11.5 Å². The molecule has 186 valence electrons. The fourth-order valence-corrected chi connectivity index (χ4v) is 6.20. The van der Waals surface area contributed by atoms with Gasteiger partial charge in [-0.2, -0.15) is 0 Å². The monoisotopic (exact) mass is 497 g/mol. The molecule has 0 spiro atoms. The van der Waals surface area contributed by atoms with Gasteiger partial charge in [0.15, 0.2) is 11.5 Å². The second-order valence-corrected chi connectivity index (χ2v) is 11.1. The molecule has 0 unspecified atom stereocenters. The number of rotatable bonds is 6. The molecule has 2 aromatic carbocycles. The summed E-state index contributed by atoms with van der Waals surface area (Å²) in [4.78, 5) is 15.2. The zero-order valence-corrected chi connectivity index (χ0v) is 20.9. The highest BCUT2D eigenvalue weighted by atomic mass is 32.2. The van der Waals surface area contributed by atoms with E-state index < -0.39 is 10.0 Å². The largest absolute Gasteiger partial charge is 0.486 e. The summed E-state index contributed by atoms with van der Waals surface area (Å²) in [6.07, 6.45) is 1.43. The van der Waals surface area contributed by atoms with Crippen LogP contribution in [0, 0.1) is 13.8 Å². The summed E-state index contributed by atoms with van der Waals surface area (Å²) < 4.78 is 41.6. The molecule has 2 aliphatic rings. The highest BCUT2D eigenvalue weighted by Gasteiger charge is 2.26. The van der Waals surface area contributed by atoms with Crippen LogP contribution in [0.4, 0.5) is 0 Å². The molecule has 0 aliphatic carbocycles. The minimum Gasteiger partial charge on any atom is -0.486 e. The lowest BCUT2D eigenvalue weighted by Gasteiger charge is -2.32. The van der Waals surface area contributed by atoms with Gasteiger partial charge in [0.05, 0.1) is 10.4 Å². The lowest BCUT2D eigenvalue weighted by Crippen LogP contribution is -2.45. The van der Waals surface area contributed by atoms with E-state index in [1.807, 2.05) is 18.4 Å². The summed E-state index contributed by atoms with van der Waals surface area (Å²) >= 11 is 0. The van der Waals surface area contributed by atoms with Gasteiger partial charge in [0.1, 0.15) is 13.2 Å². The van der Waals surface area contributed by atoms with E-state index in [0.29, 0.717) is 44.1 Å².